The molecule has 0 saturated heterocycles. The summed E-state index contributed by atoms with van der Waals surface area (Å²) in [4.78, 5) is 31.6. The van der Waals surface area contributed by atoms with Gasteiger partial charge in [-0.1, -0.05) is 6.07 Å². The summed E-state index contributed by atoms with van der Waals surface area (Å²) in [6.07, 6.45) is 0. The second-order valence-electron chi connectivity index (χ2n) is 7.50. The molecule has 0 saturated carbocycles. The van der Waals surface area contributed by atoms with Gasteiger partial charge >= 0.3 is 0 Å². The number of carbonyl (C=O) groups is 2. The maximum absolute atomic E-state index is 13.1. The average Bonchev–Trinajstić information content (AvgIpc) is 2.77. The Morgan fingerprint density at radius 3 is 1.78 bits per heavy atom. The van der Waals surface area contributed by atoms with Crippen LogP contribution in [-0.2, 0) is 35.1 Å². The van der Waals surface area contributed by atoms with E-state index in [2.05, 4.69) is 10.6 Å². The molecule has 2 amide bonds. The maximum atomic E-state index is 13.1. The van der Waals surface area contributed by atoms with Gasteiger partial charge in [0.05, 0.1) is 26.8 Å². The minimum Gasteiger partial charge on any atom is -0.325 e. The van der Waals surface area contributed by atoms with Gasteiger partial charge in [0, 0.05) is 119 Å². The molecule has 41 heavy (non-hydrogen) atoms. The number of fused-ring (bicyclic) bond motifs is 1. The van der Waals surface area contributed by atoms with Crippen LogP contribution in [0, 0.1) is 10.1 Å². The van der Waals surface area contributed by atoms with Gasteiger partial charge in [0.1, 0.15) is 9.79 Å². The van der Waals surface area contributed by atoms with Crippen LogP contribution in [0.15, 0.2) is 57.2 Å². The Morgan fingerprint density at radius 2 is 1.32 bits per heavy atom. The van der Waals surface area contributed by atoms with Crippen molar-refractivity contribution < 1.29 is 53.4 Å². The molecule has 3 rings (SSSR count). The van der Waals surface area contributed by atoms with Crippen LogP contribution >= 0.6 is 0 Å². The van der Waals surface area contributed by atoms with E-state index in [1.807, 2.05) is 0 Å². The molecule has 0 atom stereocenters. The molecule has 0 unspecified atom stereocenters. The molecular weight excluding hydrogens is 643 g/mol. The topological polar surface area (TPSA) is 264 Å². The van der Waals surface area contributed by atoms with Gasteiger partial charge in [0.2, 0.25) is 5.91 Å². The number of nitro groups is 1. The van der Waals surface area contributed by atoms with E-state index in [1.165, 1.54) is 0 Å². The van der Waals surface area contributed by atoms with E-state index in [4.69, 9.17) is 0 Å². The number of anilines is 2. The average molecular weight is 659 g/mol. The zero-order chi connectivity index (χ0) is 28.8. The first-order chi connectivity index (χ1) is 17.3. The number of non-ortho nitro benzene ring substituents is 1. The molecule has 3 aromatic rings. The summed E-state index contributed by atoms with van der Waals surface area (Å²) in [5.41, 5.74) is -2.43. The van der Waals surface area contributed by atoms with Gasteiger partial charge in [-0.25, -0.2) is 0 Å². The van der Waals surface area contributed by atoms with E-state index in [0.29, 0.717) is 24.3 Å². The Labute approximate surface area is 298 Å². The van der Waals surface area contributed by atoms with Crippen molar-refractivity contribution in [1.82, 2.24) is 0 Å². The van der Waals surface area contributed by atoms with Gasteiger partial charge in [0.15, 0.2) is 0 Å². The predicted octanol–water partition coefficient (Wildman–Crippen LogP) is 0.556. The van der Waals surface area contributed by atoms with E-state index < -0.39 is 89.5 Å². The molecule has 3 radical (unpaired) electrons. The Kier molecular flexibility index (Phi) is 14.3. The monoisotopic (exact) mass is 658 g/mol. The first-order valence-corrected chi connectivity index (χ1v) is 14.0. The van der Waals surface area contributed by atoms with Crippen molar-refractivity contribution in [3.8, 4) is 0 Å². The van der Waals surface area contributed by atoms with Crippen LogP contribution < -0.4 is 10.6 Å². The van der Waals surface area contributed by atoms with Crippen LogP contribution in [0.5, 0.6) is 0 Å². The molecule has 0 fully saturated rings. The van der Waals surface area contributed by atoms with E-state index >= 15 is 0 Å². The van der Waals surface area contributed by atoms with Crippen LogP contribution in [0.4, 0.5) is 17.1 Å². The third-order valence-corrected chi connectivity index (χ3v) is 7.51. The molecule has 0 heterocycles. The van der Waals surface area contributed by atoms with Crippen LogP contribution in [0.3, 0.4) is 0 Å². The summed E-state index contributed by atoms with van der Waals surface area (Å²) in [5, 5.41) is 14.6. The van der Waals surface area contributed by atoms with Gasteiger partial charge < -0.3 is 10.6 Å². The summed E-state index contributed by atoms with van der Waals surface area (Å²) >= 11 is 0. The molecule has 0 spiro atoms. The standard InChI is InChI=1S/C19H15N3O13S3.3Na/c1-9(23)20-15-5-4-12-14(7-11(36(27,28)29)8-17(12)38(33,34)35)18(15)21-19(24)13-3-2-10(22(25)26)6-16(13)37(30,31)32;;;/h2-8H,1H3,(H,20,23)(H,21,24)(H,27,28,29)(H,30,31,32)(H,33,34,35);;;. The largest absolute Gasteiger partial charge is 0.325 e. The Balaban J connectivity index is 0.00000533. The smallest absolute Gasteiger partial charge is 0.295 e. The first-order valence-electron chi connectivity index (χ1n) is 9.71. The van der Waals surface area contributed by atoms with Gasteiger partial charge in [-0.05, 0) is 24.3 Å². The van der Waals surface area contributed by atoms with Crippen molar-refractivity contribution in [1.29, 1.82) is 0 Å². The van der Waals surface area contributed by atoms with Crippen LogP contribution in [0.2, 0.25) is 0 Å². The fourth-order valence-electron chi connectivity index (χ4n) is 3.37. The fourth-order valence-corrected chi connectivity index (χ4v) is 5.42. The summed E-state index contributed by atoms with van der Waals surface area (Å²) < 4.78 is 99.8. The molecule has 16 nitrogen and oxygen atoms in total. The molecule has 0 aliphatic rings. The van der Waals surface area contributed by atoms with Crippen molar-refractivity contribution in [2.45, 2.75) is 21.6 Å². The van der Waals surface area contributed by atoms with Gasteiger partial charge in [0.25, 0.3) is 41.9 Å². The zero-order valence-electron chi connectivity index (χ0n) is 21.6. The van der Waals surface area contributed by atoms with Crippen LogP contribution in [0.25, 0.3) is 10.8 Å². The molecule has 5 N–H and O–H groups in total. The fraction of sp³-hybridized carbons (Fsp3) is 0.0526. The third-order valence-electron chi connectivity index (χ3n) is 4.89. The van der Waals surface area contributed by atoms with E-state index in [0.717, 1.165) is 25.1 Å². The molecule has 0 aliphatic heterocycles. The first kappa shape index (κ1) is 40.0. The van der Waals surface area contributed by atoms with E-state index in [1.54, 1.807) is 0 Å². The minimum atomic E-state index is -5.21. The van der Waals surface area contributed by atoms with Crippen molar-refractivity contribution >= 4 is 159 Å². The second kappa shape index (κ2) is 14.6. The minimum absolute atomic E-state index is 0. The molecule has 205 valence electrons. The number of nitro benzene ring substituents is 1. The van der Waals surface area contributed by atoms with Crippen LogP contribution in [-0.4, -0.2) is 144 Å². The molecule has 22 heteroatoms. The molecule has 3 aromatic carbocycles. The van der Waals surface area contributed by atoms with Crippen molar-refractivity contribution in [3.63, 3.8) is 0 Å². The number of rotatable bonds is 7. The van der Waals surface area contributed by atoms with Gasteiger partial charge in [-0.2, -0.15) is 25.3 Å². The van der Waals surface area contributed by atoms with E-state index in [9.17, 15) is 58.6 Å². The number of amides is 2. The SMILES string of the molecule is CC(=O)Nc1ccc2c(S(=O)(=O)O)cc(S(=O)(=O)O)cc2c1NC(=O)c1ccc([N+](=O)[O-])cc1S(=O)(=O)O.[Na].[Na].[Na]. The summed E-state index contributed by atoms with van der Waals surface area (Å²) in [6.45, 7) is 1.04. The second-order valence-corrected chi connectivity index (χ2v) is 11.7. The zero-order valence-corrected chi connectivity index (χ0v) is 30.1. The number of nitrogens with zero attached hydrogens (tertiary/aromatic N) is 1. The summed E-state index contributed by atoms with van der Waals surface area (Å²) in [5.74, 6) is -2.09. The Morgan fingerprint density at radius 1 is 0.756 bits per heavy atom. The number of hydrogen-bond donors (Lipinski definition) is 5. The molecular formula is C19H15N3Na3O13S3. The van der Waals surface area contributed by atoms with E-state index in [-0.39, 0.29) is 94.4 Å². The van der Waals surface area contributed by atoms with Gasteiger partial charge in [-0.15, -0.1) is 0 Å². The summed E-state index contributed by atoms with van der Waals surface area (Å²) in [7, 11) is -15.4. The third kappa shape index (κ3) is 9.49. The number of nitrogens with one attached hydrogen (secondary N) is 2. The molecule has 0 aromatic heterocycles. The number of carbonyl (C=O) groups excluding carboxylic acids is 2. The molecule has 0 bridgehead atoms. The van der Waals surface area contributed by atoms with Gasteiger partial charge in [-0.3, -0.25) is 33.4 Å². The Bertz CT molecular complexity index is 1880. The normalized spacial score (nSPS) is 11.3. The maximum Gasteiger partial charge on any atom is 0.295 e. The van der Waals surface area contributed by atoms with Crippen molar-refractivity contribution in [2.24, 2.45) is 0 Å². The predicted molar refractivity (Wildman–Crippen MR) is 146 cm³/mol. The van der Waals surface area contributed by atoms with Crippen LogP contribution in [0.1, 0.15) is 17.3 Å². The Hall–Kier alpha value is -1.01. The van der Waals surface area contributed by atoms with Crippen molar-refractivity contribution in [2.75, 3.05) is 10.6 Å². The quantitative estimate of drug-likeness (QED) is 0.101. The number of benzene rings is 3. The number of hydrogen-bond acceptors (Lipinski definition) is 10. The van der Waals surface area contributed by atoms with Crippen molar-refractivity contribution in [3.05, 3.63) is 58.1 Å². The molecule has 0 aliphatic carbocycles. The summed E-state index contributed by atoms with van der Waals surface area (Å²) in [6, 6.07) is 5.04.